The maximum Gasteiger partial charge on any atom is 0.303 e. The zero-order valence-electron chi connectivity index (χ0n) is 21.2. The zero-order valence-corrected chi connectivity index (χ0v) is 21.2. The van der Waals surface area contributed by atoms with Gasteiger partial charge in [-0.25, -0.2) is 0 Å². The van der Waals surface area contributed by atoms with Crippen LogP contribution in [0.15, 0.2) is 30.3 Å². The number of aryl methyl sites for hydroxylation is 1. The molecule has 2 heterocycles. The molecule has 12 heteroatoms. The van der Waals surface area contributed by atoms with E-state index in [2.05, 4.69) is 10.2 Å². The molecule has 0 radical (unpaired) electrons. The number of H-pyrrole nitrogens is 1. The highest BCUT2D eigenvalue weighted by atomic mass is 16.7. The second-order valence-electron chi connectivity index (χ2n) is 8.48. The fourth-order valence-corrected chi connectivity index (χ4v) is 3.93. The van der Waals surface area contributed by atoms with Crippen LogP contribution in [0.5, 0.6) is 5.88 Å². The summed E-state index contributed by atoms with van der Waals surface area (Å²) in [6.07, 6.45) is -5.95. The Balaban J connectivity index is 1.99. The third kappa shape index (κ3) is 7.53. The first kappa shape index (κ1) is 27.7. The third-order valence-electron chi connectivity index (χ3n) is 5.44. The number of aromatic amines is 1. The molecule has 1 aliphatic rings. The number of rotatable bonds is 9. The van der Waals surface area contributed by atoms with Gasteiger partial charge in [-0.3, -0.25) is 24.3 Å². The number of hydrogen-bond acceptors (Lipinski definition) is 11. The van der Waals surface area contributed by atoms with Crippen molar-refractivity contribution in [2.45, 2.75) is 71.7 Å². The molecule has 0 aliphatic carbocycles. The van der Waals surface area contributed by atoms with Crippen molar-refractivity contribution in [1.82, 2.24) is 10.2 Å². The molecule has 1 saturated heterocycles. The Kier molecular flexibility index (Phi) is 9.23. The fourth-order valence-electron chi connectivity index (χ4n) is 3.93. The summed E-state index contributed by atoms with van der Waals surface area (Å²) in [6.45, 7) is 6.13. The topological polar surface area (TPSA) is 152 Å². The molecule has 0 saturated carbocycles. The molecular weight excluding hydrogens is 488 g/mol. The molecular formula is C25H30N2O10. The predicted molar refractivity (Wildman–Crippen MR) is 125 cm³/mol. The minimum atomic E-state index is -1.36. The van der Waals surface area contributed by atoms with E-state index in [4.69, 9.17) is 28.4 Å². The molecule has 1 unspecified atom stereocenters. The molecule has 37 heavy (non-hydrogen) atoms. The van der Waals surface area contributed by atoms with Crippen LogP contribution in [0.1, 0.15) is 44.5 Å². The summed E-state index contributed by atoms with van der Waals surface area (Å²) in [7, 11) is 0. The highest BCUT2D eigenvalue weighted by molar-refractivity contribution is 5.68. The van der Waals surface area contributed by atoms with E-state index in [1.165, 1.54) is 6.92 Å². The standard InChI is InChI=1S/C25H30N2O10/c1-13-19(11-18-9-7-6-8-10-18)24(27-26-13)37-25-23(35-17(5)31)22(34-16(4)30)21(33-15(3)29)20(36-25)12-32-14(2)28/h6-10,20-23,25H,11-12H2,1-5H3,(H,26,27)/t20-,21-,22+,23-,25?/m1/s1. The lowest BCUT2D eigenvalue weighted by Crippen LogP contribution is -2.63. The van der Waals surface area contributed by atoms with Crippen molar-refractivity contribution in [3.8, 4) is 5.88 Å². The summed E-state index contributed by atoms with van der Waals surface area (Å²) in [6, 6.07) is 9.62. The van der Waals surface area contributed by atoms with E-state index < -0.39 is 54.6 Å². The molecule has 3 rings (SSSR count). The number of carbonyl (C=O) groups excluding carboxylic acids is 4. The van der Waals surface area contributed by atoms with Crippen LogP contribution in [0.2, 0.25) is 0 Å². The van der Waals surface area contributed by atoms with Crippen molar-refractivity contribution in [2.24, 2.45) is 0 Å². The second-order valence-corrected chi connectivity index (χ2v) is 8.48. The van der Waals surface area contributed by atoms with Crippen molar-refractivity contribution in [3.05, 3.63) is 47.2 Å². The lowest BCUT2D eigenvalue weighted by Gasteiger charge is -2.43. The van der Waals surface area contributed by atoms with Crippen molar-refractivity contribution in [1.29, 1.82) is 0 Å². The Bertz CT molecular complexity index is 1120. The number of esters is 4. The fraction of sp³-hybridized carbons (Fsp3) is 0.480. The van der Waals surface area contributed by atoms with Crippen molar-refractivity contribution in [2.75, 3.05) is 6.61 Å². The van der Waals surface area contributed by atoms with Crippen LogP contribution in [0.3, 0.4) is 0 Å². The molecule has 1 aromatic carbocycles. The van der Waals surface area contributed by atoms with Crippen LogP contribution in [-0.2, 0) is 49.3 Å². The van der Waals surface area contributed by atoms with Crippen LogP contribution < -0.4 is 4.74 Å². The molecule has 0 spiro atoms. The van der Waals surface area contributed by atoms with Gasteiger partial charge in [0.2, 0.25) is 18.3 Å². The minimum Gasteiger partial charge on any atom is -0.463 e. The molecule has 1 aliphatic heterocycles. The van der Waals surface area contributed by atoms with Crippen molar-refractivity contribution >= 4 is 23.9 Å². The molecule has 0 bridgehead atoms. The number of benzene rings is 1. The van der Waals surface area contributed by atoms with Gasteiger partial charge in [0.05, 0.1) is 0 Å². The number of hydrogen-bond donors (Lipinski definition) is 1. The lowest BCUT2D eigenvalue weighted by molar-refractivity contribution is -0.289. The summed E-state index contributed by atoms with van der Waals surface area (Å²) < 4.78 is 33.4. The summed E-state index contributed by atoms with van der Waals surface area (Å²) in [5, 5.41) is 7.10. The first-order valence-electron chi connectivity index (χ1n) is 11.6. The quantitative estimate of drug-likeness (QED) is 0.382. The van der Waals surface area contributed by atoms with Crippen LogP contribution in [-0.4, -0.2) is 71.4 Å². The lowest BCUT2D eigenvalue weighted by atomic mass is 9.98. The molecule has 5 atom stereocenters. The average molecular weight is 519 g/mol. The van der Waals surface area contributed by atoms with Crippen LogP contribution >= 0.6 is 0 Å². The second kappa shape index (κ2) is 12.3. The smallest absolute Gasteiger partial charge is 0.303 e. The Morgan fingerprint density at radius 2 is 1.46 bits per heavy atom. The molecule has 12 nitrogen and oxygen atoms in total. The largest absolute Gasteiger partial charge is 0.463 e. The first-order valence-corrected chi connectivity index (χ1v) is 11.6. The Morgan fingerprint density at radius 3 is 2.05 bits per heavy atom. The molecule has 0 amide bonds. The Morgan fingerprint density at radius 1 is 0.865 bits per heavy atom. The zero-order chi connectivity index (χ0) is 27.1. The van der Waals surface area contributed by atoms with E-state index in [9.17, 15) is 19.2 Å². The normalized spacial score (nSPS) is 23.0. The van der Waals surface area contributed by atoms with Gasteiger partial charge in [0.1, 0.15) is 12.7 Å². The van der Waals surface area contributed by atoms with E-state index in [0.717, 1.165) is 37.6 Å². The monoisotopic (exact) mass is 518 g/mol. The Hall–Kier alpha value is -3.93. The maximum absolute atomic E-state index is 12.0. The number of ether oxygens (including phenoxy) is 6. The minimum absolute atomic E-state index is 0.169. The summed E-state index contributed by atoms with van der Waals surface area (Å²) >= 11 is 0. The predicted octanol–water partition coefficient (Wildman–Crippen LogP) is 1.77. The highest BCUT2D eigenvalue weighted by Crippen LogP contribution is 2.32. The van der Waals surface area contributed by atoms with E-state index >= 15 is 0 Å². The van der Waals surface area contributed by atoms with E-state index in [1.807, 2.05) is 37.3 Å². The SMILES string of the molecule is CC(=O)OC[C@H]1OC(Oc2n[nH]c(C)c2Cc2ccccc2)[C@H](OC(C)=O)[C@@H](OC(C)=O)[C@@H]1OC(C)=O. The van der Waals surface area contributed by atoms with Crippen molar-refractivity contribution in [3.63, 3.8) is 0 Å². The molecule has 200 valence electrons. The maximum atomic E-state index is 12.0. The average Bonchev–Trinajstić information content (AvgIpc) is 3.15. The van der Waals surface area contributed by atoms with Gasteiger partial charge in [-0.1, -0.05) is 30.3 Å². The van der Waals surface area contributed by atoms with E-state index in [0.29, 0.717) is 6.42 Å². The third-order valence-corrected chi connectivity index (χ3v) is 5.44. The molecule has 1 N–H and O–H groups in total. The van der Waals surface area contributed by atoms with Crippen molar-refractivity contribution < 1.29 is 47.6 Å². The van der Waals surface area contributed by atoms with E-state index in [-0.39, 0.29) is 12.5 Å². The van der Waals surface area contributed by atoms with Gasteiger partial charge < -0.3 is 28.4 Å². The summed E-state index contributed by atoms with van der Waals surface area (Å²) in [4.78, 5) is 47.4. The number of nitrogens with zero attached hydrogens (tertiary/aromatic N) is 1. The number of nitrogens with one attached hydrogen (secondary N) is 1. The van der Waals surface area contributed by atoms with E-state index in [1.54, 1.807) is 0 Å². The first-order chi connectivity index (χ1) is 17.5. The summed E-state index contributed by atoms with van der Waals surface area (Å²) in [5.41, 5.74) is 2.46. The van der Waals surface area contributed by atoms with Gasteiger partial charge in [0.25, 0.3) is 0 Å². The highest BCUT2D eigenvalue weighted by Gasteiger charge is 2.53. The number of carbonyl (C=O) groups is 4. The molecule has 1 aromatic heterocycles. The van der Waals surface area contributed by atoms with Crippen LogP contribution in [0, 0.1) is 6.92 Å². The van der Waals surface area contributed by atoms with Gasteiger partial charge in [-0.2, -0.15) is 0 Å². The molecule has 1 fully saturated rings. The van der Waals surface area contributed by atoms with Gasteiger partial charge in [-0.05, 0) is 12.5 Å². The van der Waals surface area contributed by atoms with Gasteiger partial charge in [0, 0.05) is 45.4 Å². The summed E-state index contributed by atoms with van der Waals surface area (Å²) in [5.74, 6) is -2.61. The van der Waals surface area contributed by atoms with Gasteiger partial charge in [-0.15, -0.1) is 5.10 Å². The van der Waals surface area contributed by atoms with Crippen LogP contribution in [0.25, 0.3) is 0 Å². The number of aromatic nitrogens is 2. The Labute approximate surface area is 213 Å². The van der Waals surface area contributed by atoms with Crippen LogP contribution in [0.4, 0.5) is 0 Å². The van der Waals surface area contributed by atoms with Gasteiger partial charge >= 0.3 is 23.9 Å². The van der Waals surface area contributed by atoms with Gasteiger partial charge in [0.15, 0.2) is 12.2 Å². The molecule has 2 aromatic rings.